The van der Waals surface area contributed by atoms with Crippen molar-refractivity contribution in [2.24, 2.45) is 0 Å². The molecule has 5 nitrogen and oxygen atoms in total. The average molecular weight is 340 g/mol. The lowest BCUT2D eigenvalue weighted by molar-refractivity contribution is 0.210. The molecule has 3 heterocycles. The molecular weight excluding hydrogens is 320 g/mol. The Labute approximate surface area is 145 Å². The van der Waals surface area contributed by atoms with E-state index in [0.717, 1.165) is 35.7 Å². The number of hydrogen-bond acceptors (Lipinski definition) is 6. The number of rotatable bonds is 5. The molecule has 3 aromatic heterocycles. The van der Waals surface area contributed by atoms with E-state index in [-0.39, 0.29) is 0 Å². The largest absolute Gasteiger partial charge is 0.383 e. The van der Waals surface area contributed by atoms with Crippen molar-refractivity contribution in [3.63, 3.8) is 0 Å². The van der Waals surface area contributed by atoms with Crippen LogP contribution in [0.5, 0.6) is 0 Å². The zero-order valence-electron chi connectivity index (χ0n) is 13.7. The Balaban J connectivity index is 1.85. The van der Waals surface area contributed by atoms with E-state index < -0.39 is 0 Å². The van der Waals surface area contributed by atoms with Gasteiger partial charge in [-0.25, -0.2) is 9.97 Å². The number of methoxy groups -OCH3 is 1. The van der Waals surface area contributed by atoms with Gasteiger partial charge in [0.25, 0.3) is 0 Å². The van der Waals surface area contributed by atoms with Crippen LogP contribution in [0.2, 0.25) is 0 Å². The topological polar surface area (TPSA) is 59.9 Å². The number of ether oxygens (including phenoxy) is 1. The van der Waals surface area contributed by atoms with Crippen LogP contribution >= 0.6 is 11.3 Å². The lowest BCUT2D eigenvalue weighted by Crippen LogP contribution is -2.10. The Morgan fingerprint density at radius 2 is 2.12 bits per heavy atom. The van der Waals surface area contributed by atoms with E-state index in [1.54, 1.807) is 13.3 Å². The molecule has 0 amide bonds. The first-order valence-corrected chi connectivity index (χ1v) is 9.15. The van der Waals surface area contributed by atoms with Crippen LogP contribution in [-0.2, 0) is 17.6 Å². The van der Waals surface area contributed by atoms with Gasteiger partial charge >= 0.3 is 0 Å². The summed E-state index contributed by atoms with van der Waals surface area (Å²) in [6, 6.07) is 5.82. The summed E-state index contributed by atoms with van der Waals surface area (Å²) in [4.78, 5) is 16.5. The molecule has 0 saturated carbocycles. The zero-order valence-corrected chi connectivity index (χ0v) is 14.5. The standard InChI is InChI=1S/C18H20N4OS/c1-23-11-10-20-17-15-12-6-2-3-8-14(12)24-18(15)22-16(21-17)13-7-4-5-9-19-13/h4-5,7,9H,2-3,6,8,10-11H2,1H3,(H,20,21,22). The fourth-order valence-corrected chi connectivity index (χ4v) is 4.43. The van der Waals surface area contributed by atoms with Crippen molar-refractivity contribution in [3.05, 3.63) is 34.8 Å². The third-order valence-corrected chi connectivity index (χ3v) is 5.49. The summed E-state index contributed by atoms with van der Waals surface area (Å²) in [7, 11) is 1.71. The van der Waals surface area contributed by atoms with Crippen molar-refractivity contribution in [2.45, 2.75) is 25.7 Å². The van der Waals surface area contributed by atoms with Gasteiger partial charge < -0.3 is 10.1 Å². The maximum Gasteiger partial charge on any atom is 0.181 e. The van der Waals surface area contributed by atoms with E-state index in [4.69, 9.17) is 14.7 Å². The van der Waals surface area contributed by atoms with E-state index in [0.29, 0.717) is 12.4 Å². The van der Waals surface area contributed by atoms with Crippen molar-refractivity contribution in [1.82, 2.24) is 15.0 Å². The molecule has 6 heteroatoms. The van der Waals surface area contributed by atoms with Crippen LogP contribution in [0.15, 0.2) is 24.4 Å². The molecule has 0 saturated heterocycles. The van der Waals surface area contributed by atoms with Crippen molar-refractivity contribution in [3.8, 4) is 11.5 Å². The van der Waals surface area contributed by atoms with Gasteiger partial charge in [-0.3, -0.25) is 4.98 Å². The smallest absolute Gasteiger partial charge is 0.181 e. The molecule has 4 rings (SSSR count). The molecule has 1 aliphatic carbocycles. The van der Waals surface area contributed by atoms with Crippen LogP contribution < -0.4 is 5.32 Å². The fourth-order valence-electron chi connectivity index (χ4n) is 3.17. The quantitative estimate of drug-likeness (QED) is 0.718. The number of pyridine rings is 1. The summed E-state index contributed by atoms with van der Waals surface area (Å²) in [5.41, 5.74) is 2.24. The summed E-state index contributed by atoms with van der Waals surface area (Å²) in [5.74, 6) is 1.60. The molecule has 0 spiro atoms. The monoisotopic (exact) mass is 340 g/mol. The minimum Gasteiger partial charge on any atom is -0.383 e. The molecule has 1 N–H and O–H groups in total. The van der Waals surface area contributed by atoms with Gasteiger partial charge in [0.1, 0.15) is 16.3 Å². The van der Waals surface area contributed by atoms with E-state index in [1.807, 2.05) is 29.5 Å². The molecule has 0 aliphatic heterocycles. The van der Waals surface area contributed by atoms with E-state index in [2.05, 4.69) is 10.3 Å². The first-order chi connectivity index (χ1) is 11.9. The highest BCUT2D eigenvalue weighted by molar-refractivity contribution is 7.19. The van der Waals surface area contributed by atoms with Crippen LogP contribution in [0.25, 0.3) is 21.7 Å². The highest BCUT2D eigenvalue weighted by Gasteiger charge is 2.21. The molecule has 0 radical (unpaired) electrons. The maximum absolute atomic E-state index is 5.17. The van der Waals surface area contributed by atoms with Crippen LogP contribution in [0.1, 0.15) is 23.3 Å². The fraction of sp³-hybridized carbons (Fsp3) is 0.389. The molecule has 0 aromatic carbocycles. The van der Waals surface area contributed by atoms with Crippen LogP contribution in [0.3, 0.4) is 0 Å². The van der Waals surface area contributed by atoms with Crippen LogP contribution in [0.4, 0.5) is 5.82 Å². The van der Waals surface area contributed by atoms with Gasteiger partial charge in [0.2, 0.25) is 0 Å². The minimum atomic E-state index is 0.650. The Morgan fingerprint density at radius 3 is 2.96 bits per heavy atom. The summed E-state index contributed by atoms with van der Waals surface area (Å²) in [6.45, 7) is 1.38. The number of anilines is 1. The molecule has 3 aromatic rings. The molecule has 0 fully saturated rings. The van der Waals surface area contributed by atoms with Gasteiger partial charge in [-0.05, 0) is 43.4 Å². The Kier molecular flexibility index (Phi) is 4.40. The molecular formula is C18H20N4OS. The molecule has 24 heavy (non-hydrogen) atoms. The van der Waals surface area contributed by atoms with Crippen molar-refractivity contribution in [2.75, 3.05) is 25.6 Å². The molecule has 0 unspecified atom stereocenters. The number of aromatic nitrogens is 3. The third-order valence-electron chi connectivity index (χ3n) is 4.31. The average Bonchev–Trinajstić information content (AvgIpc) is 3.01. The summed E-state index contributed by atoms with van der Waals surface area (Å²) in [6.07, 6.45) is 6.58. The zero-order chi connectivity index (χ0) is 16.4. The first kappa shape index (κ1) is 15.5. The van der Waals surface area contributed by atoms with Crippen molar-refractivity contribution < 1.29 is 4.74 Å². The van der Waals surface area contributed by atoms with Crippen LogP contribution in [-0.4, -0.2) is 35.2 Å². The van der Waals surface area contributed by atoms with E-state index >= 15 is 0 Å². The Hall–Kier alpha value is -2.05. The van der Waals surface area contributed by atoms with Gasteiger partial charge in [-0.2, -0.15) is 0 Å². The maximum atomic E-state index is 5.17. The second-order valence-corrected chi connectivity index (χ2v) is 7.01. The lowest BCUT2D eigenvalue weighted by atomic mass is 9.97. The Morgan fingerprint density at radius 1 is 1.21 bits per heavy atom. The number of hydrogen-bond donors (Lipinski definition) is 1. The van der Waals surface area contributed by atoms with E-state index in [9.17, 15) is 0 Å². The first-order valence-electron chi connectivity index (χ1n) is 8.33. The molecule has 1 aliphatic rings. The molecule has 124 valence electrons. The predicted molar refractivity (Wildman–Crippen MR) is 97.7 cm³/mol. The summed E-state index contributed by atoms with van der Waals surface area (Å²) >= 11 is 1.81. The normalized spacial score (nSPS) is 13.9. The second kappa shape index (κ2) is 6.83. The molecule has 0 atom stereocenters. The van der Waals surface area contributed by atoms with Crippen molar-refractivity contribution in [1.29, 1.82) is 0 Å². The highest BCUT2D eigenvalue weighted by Crippen LogP contribution is 2.39. The Bertz CT molecular complexity index is 847. The van der Waals surface area contributed by atoms with Crippen LogP contribution in [0, 0.1) is 0 Å². The minimum absolute atomic E-state index is 0.650. The molecule has 0 bridgehead atoms. The predicted octanol–water partition coefficient (Wildman–Crippen LogP) is 3.69. The SMILES string of the molecule is COCCNc1nc(-c2ccccn2)nc2sc3c(c12)CCCC3. The summed E-state index contributed by atoms with van der Waals surface area (Å²) in [5, 5.41) is 4.64. The lowest BCUT2D eigenvalue weighted by Gasteiger charge is -2.13. The number of fused-ring (bicyclic) bond motifs is 3. The number of thiophene rings is 1. The number of nitrogens with zero attached hydrogens (tertiary/aromatic N) is 3. The highest BCUT2D eigenvalue weighted by atomic mass is 32.1. The van der Waals surface area contributed by atoms with Gasteiger partial charge in [-0.15, -0.1) is 11.3 Å². The van der Waals surface area contributed by atoms with Gasteiger partial charge in [0, 0.05) is 24.7 Å². The van der Waals surface area contributed by atoms with Gasteiger partial charge in [0.05, 0.1) is 12.0 Å². The number of nitrogens with one attached hydrogen (secondary N) is 1. The van der Waals surface area contributed by atoms with Gasteiger partial charge in [0.15, 0.2) is 5.82 Å². The third kappa shape index (κ3) is 2.87. The summed E-state index contributed by atoms with van der Waals surface area (Å²) < 4.78 is 5.17. The second-order valence-electron chi connectivity index (χ2n) is 5.92. The van der Waals surface area contributed by atoms with Gasteiger partial charge in [-0.1, -0.05) is 6.07 Å². The van der Waals surface area contributed by atoms with E-state index in [1.165, 1.54) is 28.7 Å². The van der Waals surface area contributed by atoms with Crippen molar-refractivity contribution >= 4 is 27.4 Å². The number of aryl methyl sites for hydroxylation is 2.